The summed E-state index contributed by atoms with van der Waals surface area (Å²) in [5.41, 5.74) is 1.22. The molecule has 0 aliphatic heterocycles. The fraction of sp³-hybridized carbons (Fsp3) is 0.0769. The number of ether oxygens (including phenoxy) is 1. The second kappa shape index (κ2) is 8.33. The highest BCUT2D eigenvalue weighted by molar-refractivity contribution is 9.10. The Kier molecular flexibility index (Phi) is 5.34. The Hall–Kier alpha value is -3.71. The molecule has 0 amide bonds. The van der Waals surface area contributed by atoms with Crippen molar-refractivity contribution in [1.82, 2.24) is 0 Å². The molecule has 5 rings (SSSR count). The maximum absolute atomic E-state index is 14.1. The van der Waals surface area contributed by atoms with Gasteiger partial charge in [-0.3, -0.25) is 0 Å². The SMILES string of the molecule is Cc1c(OCc2ccc(Br)cc2F)ccc2c(-c3cc4ccccc4oc3=O)cc(=O)oc12. The lowest BCUT2D eigenvalue weighted by Crippen LogP contribution is -2.07. The van der Waals surface area contributed by atoms with Crippen LogP contribution in [0.15, 0.2) is 89.6 Å². The molecule has 5 aromatic rings. The van der Waals surface area contributed by atoms with E-state index in [9.17, 15) is 14.0 Å². The van der Waals surface area contributed by atoms with Crippen molar-refractivity contribution in [3.63, 3.8) is 0 Å². The first kappa shape index (κ1) is 21.2. The maximum Gasteiger partial charge on any atom is 0.344 e. The Labute approximate surface area is 195 Å². The minimum Gasteiger partial charge on any atom is -0.488 e. The van der Waals surface area contributed by atoms with Crippen molar-refractivity contribution in [3.05, 3.63) is 109 Å². The molecule has 2 heterocycles. The van der Waals surface area contributed by atoms with E-state index in [0.717, 1.165) is 5.39 Å². The largest absolute Gasteiger partial charge is 0.488 e. The molecule has 0 saturated heterocycles. The van der Waals surface area contributed by atoms with Gasteiger partial charge in [0, 0.05) is 38.0 Å². The minimum atomic E-state index is -0.607. The van der Waals surface area contributed by atoms with E-state index in [-0.39, 0.29) is 18.0 Å². The van der Waals surface area contributed by atoms with Gasteiger partial charge >= 0.3 is 11.3 Å². The average molecular weight is 507 g/mol. The molecule has 3 aromatic carbocycles. The highest BCUT2D eigenvalue weighted by atomic mass is 79.9. The lowest BCUT2D eigenvalue weighted by Gasteiger charge is -2.13. The highest BCUT2D eigenvalue weighted by Gasteiger charge is 2.17. The lowest BCUT2D eigenvalue weighted by molar-refractivity contribution is 0.297. The Morgan fingerprint density at radius 2 is 1.76 bits per heavy atom. The lowest BCUT2D eigenvalue weighted by atomic mass is 10.0. The normalized spacial score (nSPS) is 11.2. The number of aryl methyl sites for hydroxylation is 1. The van der Waals surface area contributed by atoms with Gasteiger partial charge in [0.25, 0.3) is 0 Å². The zero-order valence-electron chi connectivity index (χ0n) is 17.4. The Morgan fingerprint density at radius 1 is 0.939 bits per heavy atom. The third-order valence-electron chi connectivity index (χ3n) is 5.44. The smallest absolute Gasteiger partial charge is 0.344 e. The fourth-order valence-corrected chi connectivity index (χ4v) is 4.10. The molecule has 0 N–H and O–H groups in total. The van der Waals surface area contributed by atoms with Crippen LogP contribution in [0.3, 0.4) is 0 Å². The fourth-order valence-electron chi connectivity index (χ4n) is 3.77. The molecule has 0 fully saturated rings. The Balaban J connectivity index is 1.60. The van der Waals surface area contributed by atoms with Crippen molar-refractivity contribution in [2.24, 2.45) is 0 Å². The van der Waals surface area contributed by atoms with E-state index in [2.05, 4.69) is 15.9 Å². The van der Waals surface area contributed by atoms with Gasteiger partial charge in [-0.2, -0.15) is 0 Å². The summed E-state index contributed by atoms with van der Waals surface area (Å²) >= 11 is 3.23. The van der Waals surface area contributed by atoms with E-state index >= 15 is 0 Å². The number of para-hydroxylation sites is 1. The van der Waals surface area contributed by atoms with Gasteiger partial charge in [0.2, 0.25) is 0 Å². The summed E-state index contributed by atoms with van der Waals surface area (Å²) in [6.45, 7) is 1.74. The van der Waals surface area contributed by atoms with Gasteiger partial charge in [0.1, 0.15) is 29.3 Å². The molecule has 0 saturated carbocycles. The first-order valence-electron chi connectivity index (χ1n) is 10.1. The van der Waals surface area contributed by atoms with Crippen molar-refractivity contribution < 1.29 is 18.0 Å². The maximum atomic E-state index is 14.1. The molecule has 0 radical (unpaired) electrons. The highest BCUT2D eigenvalue weighted by Crippen LogP contribution is 2.33. The van der Waals surface area contributed by atoms with E-state index in [1.54, 1.807) is 49.4 Å². The second-order valence-electron chi connectivity index (χ2n) is 7.55. The van der Waals surface area contributed by atoms with Crippen molar-refractivity contribution in [1.29, 1.82) is 0 Å². The van der Waals surface area contributed by atoms with Crippen LogP contribution in [-0.2, 0) is 6.61 Å². The van der Waals surface area contributed by atoms with E-state index < -0.39 is 11.3 Å². The van der Waals surface area contributed by atoms with E-state index in [0.29, 0.717) is 43.5 Å². The van der Waals surface area contributed by atoms with Gasteiger partial charge in [0.05, 0.1) is 5.56 Å². The Bertz CT molecular complexity index is 1650. The summed E-state index contributed by atoms with van der Waals surface area (Å²) < 4.78 is 31.5. The molecule has 7 heteroatoms. The van der Waals surface area contributed by atoms with Gasteiger partial charge in [-0.1, -0.05) is 40.2 Å². The van der Waals surface area contributed by atoms with Gasteiger partial charge in [0.15, 0.2) is 0 Å². The molecule has 0 bridgehead atoms. The first-order valence-corrected chi connectivity index (χ1v) is 10.9. The van der Waals surface area contributed by atoms with Crippen LogP contribution in [0.4, 0.5) is 4.39 Å². The van der Waals surface area contributed by atoms with Crippen LogP contribution in [0.2, 0.25) is 0 Å². The number of fused-ring (bicyclic) bond motifs is 2. The number of halogens is 2. The monoisotopic (exact) mass is 506 g/mol. The van der Waals surface area contributed by atoms with Gasteiger partial charge < -0.3 is 13.6 Å². The number of hydrogen-bond acceptors (Lipinski definition) is 5. The molecule has 0 atom stereocenters. The Morgan fingerprint density at radius 3 is 2.58 bits per heavy atom. The molecule has 33 heavy (non-hydrogen) atoms. The molecular formula is C26H16BrFO5. The summed E-state index contributed by atoms with van der Waals surface area (Å²) in [6.07, 6.45) is 0. The zero-order chi connectivity index (χ0) is 23.1. The molecule has 0 spiro atoms. The van der Waals surface area contributed by atoms with Gasteiger partial charge in [-0.15, -0.1) is 0 Å². The average Bonchev–Trinajstić information content (AvgIpc) is 2.79. The predicted molar refractivity (Wildman–Crippen MR) is 127 cm³/mol. The van der Waals surface area contributed by atoms with Crippen LogP contribution >= 0.6 is 15.9 Å². The van der Waals surface area contributed by atoms with Gasteiger partial charge in [-0.05, 0) is 43.3 Å². The second-order valence-corrected chi connectivity index (χ2v) is 8.47. The summed E-state index contributed by atoms with van der Waals surface area (Å²) in [4.78, 5) is 25.1. The molecule has 0 aliphatic rings. The van der Waals surface area contributed by atoms with Crippen LogP contribution in [0, 0.1) is 12.7 Å². The number of hydrogen-bond donors (Lipinski definition) is 0. The molecule has 0 unspecified atom stereocenters. The number of rotatable bonds is 4. The van der Waals surface area contributed by atoms with Crippen LogP contribution < -0.4 is 16.0 Å². The first-order chi connectivity index (χ1) is 15.9. The molecule has 5 nitrogen and oxygen atoms in total. The molecular weight excluding hydrogens is 491 g/mol. The zero-order valence-corrected chi connectivity index (χ0v) is 18.9. The topological polar surface area (TPSA) is 69.7 Å². The van der Waals surface area contributed by atoms with Crippen molar-refractivity contribution >= 4 is 37.9 Å². The van der Waals surface area contributed by atoms with Crippen molar-refractivity contribution in [3.8, 4) is 16.9 Å². The standard InChI is InChI=1S/C26H16BrFO5/c1-14-22(31-13-16-6-7-17(27)11-21(16)28)9-8-18-19(12-24(29)33-25(14)18)20-10-15-4-2-3-5-23(15)32-26(20)30/h2-12H,13H2,1H3. The molecule has 0 aliphatic carbocycles. The third-order valence-corrected chi connectivity index (χ3v) is 5.93. The van der Waals surface area contributed by atoms with Crippen LogP contribution in [-0.4, -0.2) is 0 Å². The van der Waals surface area contributed by atoms with E-state index in [1.165, 1.54) is 12.1 Å². The minimum absolute atomic E-state index is 0.00362. The van der Waals surface area contributed by atoms with Crippen LogP contribution in [0.1, 0.15) is 11.1 Å². The van der Waals surface area contributed by atoms with Crippen molar-refractivity contribution in [2.45, 2.75) is 13.5 Å². The molecule has 164 valence electrons. The van der Waals surface area contributed by atoms with E-state index in [4.69, 9.17) is 13.6 Å². The summed E-state index contributed by atoms with van der Waals surface area (Å²) in [6, 6.07) is 18.3. The number of benzene rings is 3. The molecule has 2 aromatic heterocycles. The summed E-state index contributed by atoms with van der Waals surface area (Å²) in [7, 11) is 0. The summed E-state index contributed by atoms with van der Waals surface area (Å²) in [5, 5.41) is 1.30. The van der Waals surface area contributed by atoms with Crippen molar-refractivity contribution in [2.75, 3.05) is 0 Å². The third kappa shape index (κ3) is 3.96. The van der Waals surface area contributed by atoms with Crippen LogP contribution in [0.5, 0.6) is 5.75 Å². The van der Waals surface area contributed by atoms with Gasteiger partial charge in [-0.25, -0.2) is 14.0 Å². The van der Waals surface area contributed by atoms with Crippen LogP contribution in [0.25, 0.3) is 33.1 Å². The summed E-state index contributed by atoms with van der Waals surface area (Å²) in [5.74, 6) is 0.0512. The quantitative estimate of drug-likeness (QED) is 0.265. The van der Waals surface area contributed by atoms with E-state index in [1.807, 2.05) is 12.1 Å². The predicted octanol–water partition coefficient (Wildman–Crippen LogP) is 6.36.